The van der Waals surface area contributed by atoms with Crippen LogP contribution in [-0.2, 0) is 9.53 Å². The molecule has 0 spiro atoms. The van der Waals surface area contributed by atoms with E-state index in [0.29, 0.717) is 13.1 Å². The summed E-state index contributed by atoms with van der Waals surface area (Å²) < 4.78 is 39.9. The van der Waals surface area contributed by atoms with Crippen LogP contribution >= 0.6 is 0 Å². The zero-order valence-corrected chi connectivity index (χ0v) is 8.51. The quantitative estimate of drug-likeness (QED) is 0.729. The molecular weight excluding hydrogens is 211 g/mol. The highest BCUT2D eigenvalue weighted by atomic mass is 19.4. The second-order valence-electron chi connectivity index (χ2n) is 3.60. The first kappa shape index (κ1) is 12.3. The van der Waals surface area contributed by atoms with Gasteiger partial charge in [0.2, 0.25) is 0 Å². The molecule has 0 saturated carbocycles. The molecule has 1 heterocycles. The average Bonchev–Trinajstić information content (AvgIpc) is 2.64. The van der Waals surface area contributed by atoms with Crippen molar-refractivity contribution in [3.05, 3.63) is 0 Å². The molecule has 0 aromatic carbocycles. The summed E-state index contributed by atoms with van der Waals surface area (Å²) in [7, 11) is 0. The topological polar surface area (TPSA) is 29.5 Å². The van der Waals surface area contributed by atoms with Crippen molar-refractivity contribution < 1.29 is 22.7 Å². The highest BCUT2D eigenvalue weighted by molar-refractivity contribution is 5.80. The fraction of sp³-hybridized carbons (Fsp3) is 0.889. The molecule has 1 rings (SSSR count). The third-order valence-electron chi connectivity index (χ3n) is 2.26. The van der Waals surface area contributed by atoms with Gasteiger partial charge in [0.05, 0.1) is 0 Å². The van der Waals surface area contributed by atoms with E-state index in [1.54, 1.807) is 4.90 Å². The Bertz CT molecular complexity index is 224. The van der Waals surface area contributed by atoms with Crippen LogP contribution in [0.1, 0.15) is 19.8 Å². The van der Waals surface area contributed by atoms with Gasteiger partial charge in [0, 0.05) is 13.1 Å². The molecule has 1 saturated heterocycles. The van der Waals surface area contributed by atoms with E-state index in [1.165, 1.54) is 6.92 Å². The number of halogens is 3. The number of amides is 1. The second-order valence-corrected chi connectivity index (χ2v) is 3.60. The molecule has 1 aliphatic heterocycles. The van der Waals surface area contributed by atoms with Gasteiger partial charge in [-0.1, -0.05) is 0 Å². The number of carbonyl (C=O) groups is 1. The molecule has 6 heteroatoms. The lowest BCUT2D eigenvalue weighted by atomic mass is 10.3. The van der Waals surface area contributed by atoms with Gasteiger partial charge in [-0.3, -0.25) is 4.79 Å². The fourth-order valence-corrected chi connectivity index (χ4v) is 1.49. The van der Waals surface area contributed by atoms with Crippen LogP contribution < -0.4 is 0 Å². The summed E-state index contributed by atoms with van der Waals surface area (Å²) in [5.41, 5.74) is 0. The normalized spacial score (nSPS) is 19.3. The second kappa shape index (κ2) is 4.83. The predicted octanol–water partition coefficient (Wildman–Crippen LogP) is 1.58. The third-order valence-corrected chi connectivity index (χ3v) is 2.26. The summed E-state index contributed by atoms with van der Waals surface area (Å²) in [6.07, 6.45) is -3.56. The van der Waals surface area contributed by atoms with Gasteiger partial charge in [-0.2, -0.15) is 13.2 Å². The van der Waals surface area contributed by atoms with Crippen molar-refractivity contribution in [2.45, 2.75) is 32.0 Å². The van der Waals surface area contributed by atoms with Crippen molar-refractivity contribution in [1.82, 2.24) is 4.90 Å². The summed E-state index contributed by atoms with van der Waals surface area (Å²) in [5.74, 6) is -0.350. The first-order chi connectivity index (χ1) is 6.90. The van der Waals surface area contributed by atoms with Gasteiger partial charge in [-0.15, -0.1) is 0 Å². The summed E-state index contributed by atoms with van der Waals surface area (Å²) in [6, 6.07) is 0. The number of ether oxygens (including phenoxy) is 1. The van der Waals surface area contributed by atoms with Gasteiger partial charge in [-0.25, -0.2) is 0 Å². The van der Waals surface area contributed by atoms with Crippen molar-refractivity contribution in [1.29, 1.82) is 0 Å². The minimum atomic E-state index is -4.38. The first-order valence-corrected chi connectivity index (χ1v) is 4.87. The summed E-state index contributed by atoms with van der Waals surface area (Å²) in [5, 5.41) is 0. The van der Waals surface area contributed by atoms with Gasteiger partial charge in [-0.05, 0) is 19.8 Å². The van der Waals surface area contributed by atoms with Gasteiger partial charge in [0.15, 0.2) is 0 Å². The first-order valence-electron chi connectivity index (χ1n) is 4.87. The molecule has 88 valence electrons. The van der Waals surface area contributed by atoms with E-state index in [2.05, 4.69) is 4.74 Å². The molecule has 0 radical (unpaired) electrons. The van der Waals surface area contributed by atoms with E-state index in [9.17, 15) is 18.0 Å². The van der Waals surface area contributed by atoms with E-state index in [1.807, 2.05) is 0 Å². The Hall–Kier alpha value is -0.780. The van der Waals surface area contributed by atoms with Gasteiger partial charge >= 0.3 is 6.18 Å². The van der Waals surface area contributed by atoms with Crippen LogP contribution in [0, 0.1) is 0 Å². The van der Waals surface area contributed by atoms with Crippen LogP contribution in [0.3, 0.4) is 0 Å². The molecule has 0 aromatic rings. The Kier molecular flexibility index (Phi) is 3.96. The Morgan fingerprint density at radius 2 is 1.93 bits per heavy atom. The van der Waals surface area contributed by atoms with Gasteiger partial charge in [0.1, 0.15) is 12.7 Å². The Balaban J connectivity index is 2.32. The van der Waals surface area contributed by atoms with E-state index >= 15 is 0 Å². The minimum Gasteiger partial charge on any atom is -0.359 e. The highest BCUT2D eigenvalue weighted by Crippen LogP contribution is 2.17. The zero-order valence-electron chi connectivity index (χ0n) is 8.51. The van der Waals surface area contributed by atoms with Crippen LogP contribution in [0.2, 0.25) is 0 Å². The van der Waals surface area contributed by atoms with Crippen LogP contribution in [0.15, 0.2) is 0 Å². The number of hydrogen-bond acceptors (Lipinski definition) is 2. The van der Waals surface area contributed by atoms with Crippen molar-refractivity contribution in [2.24, 2.45) is 0 Å². The number of nitrogens with zero attached hydrogens (tertiary/aromatic N) is 1. The molecule has 1 amide bonds. The third kappa shape index (κ3) is 4.07. The Morgan fingerprint density at radius 1 is 1.40 bits per heavy atom. The number of carbonyl (C=O) groups excluding carboxylic acids is 1. The molecule has 15 heavy (non-hydrogen) atoms. The zero-order chi connectivity index (χ0) is 11.5. The lowest BCUT2D eigenvalue weighted by Gasteiger charge is -2.20. The smallest absolute Gasteiger partial charge is 0.359 e. The monoisotopic (exact) mass is 225 g/mol. The standard InChI is InChI=1S/C9H14F3NO2/c1-7(15-6-9(10,11)12)8(14)13-4-2-3-5-13/h7H,2-6H2,1H3. The van der Waals surface area contributed by atoms with Crippen molar-refractivity contribution in [2.75, 3.05) is 19.7 Å². The average molecular weight is 225 g/mol. The Morgan fingerprint density at radius 3 is 2.40 bits per heavy atom. The molecule has 1 fully saturated rings. The van der Waals surface area contributed by atoms with Crippen LogP contribution in [0.4, 0.5) is 13.2 Å². The van der Waals surface area contributed by atoms with E-state index in [0.717, 1.165) is 12.8 Å². The lowest BCUT2D eigenvalue weighted by molar-refractivity contribution is -0.188. The summed E-state index contributed by atoms with van der Waals surface area (Å²) >= 11 is 0. The fourth-order valence-electron chi connectivity index (χ4n) is 1.49. The molecular formula is C9H14F3NO2. The number of alkyl halides is 3. The predicted molar refractivity (Wildman–Crippen MR) is 47.3 cm³/mol. The summed E-state index contributed by atoms with van der Waals surface area (Å²) in [6.45, 7) is 1.23. The summed E-state index contributed by atoms with van der Waals surface area (Å²) in [4.78, 5) is 13.0. The highest BCUT2D eigenvalue weighted by Gasteiger charge is 2.31. The largest absolute Gasteiger partial charge is 0.411 e. The minimum absolute atomic E-state index is 0.350. The molecule has 0 bridgehead atoms. The van der Waals surface area contributed by atoms with Crippen LogP contribution in [-0.4, -0.2) is 42.8 Å². The lowest BCUT2D eigenvalue weighted by Crippen LogP contribution is -2.38. The van der Waals surface area contributed by atoms with Crippen molar-refractivity contribution in [3.8, 4) is 0 Å². The molecule has 1 aliphatic rings. The van der Waals surface area contributed by atoms with Gasteiger partial charge in [0.25, 0.3) is 5.91 Å². The Labute approximate surface area is 86.2 Å². The SMILES string of the molecule is CC(OCC(F)(F)F)C(=O)N1CCCC1. The van der Waals surface area contributed by atoms with Crippen molar-refractivity contribution in [3.63, 3.8) is 0 Å². The molecule has 3 nitrogen and oxygen atoms in total. The molecule has 1 unspecified atom stereocenters. The van der Waals surface area contributed by atoms with Crippen LogP contribution in [0.5, 0.6) is 0 Å². The maximum absolute atomic E-state index is 11.8. The molecule has 0 N–H and O–H groups in total. The van der Waals surface area contributed by atoms with Gasteiger partial charge < -0.3 is 9.64 Å². The van der Waals surface area contributed by atoms with Crippen molar-refractivity contribution >= 4 is 5.91 Å². The van der Waals surface area contributed by atoms with E-state index in [4.69, 9.17) is 0 Å². The van der Waals surface area contributed by atoms with E-state index in [-0.39, 0.29) is 5.91 Å². The van der Waals surface area contributed by atoms with E-state index < -0.39 is 18.9 Å². The molecule has 0 aromatic heterocycles. The number of hydrogen-bond donors (Lipinski definition) is 0. The molecule has 1 atom stereocenters. The molecule has 0 aliphatic carbocycles. The maximum Gasteiger partial charge on any atom is 0.411 e. The number of likely N-dealkylation sites (tertiary alicyclic amines) is 1. The number of rotatable bonds is 3. The van der Waals surface area contributed by atoms with Crippen LogP contribution in [0.25, 0.3) is 0 Å². The maximum atomic E-state index is 11.8.